The minimum Gasteiger partial charge on any atom is -0.316 e. The van der Waals surface area contributed by atoms with E-state index in [1.54, 1.807) is 23.9 Å². The summed E-state index contributed by atoms with van der Waals surface area (Å²) >= 11 is 1.57. The van der Waals surface area contributed by atoms with Crippen molar-refractivity contribution in [2.24, 2.45) is 5.92 Å². The highest BCUT2D eigenvalue weighted by Gasteiger charge is 2.21. The first kappa shape index (κ1) is 15.4. The van der Waals surface area contributed by atoms with E-state index in [1.807, 2.05) is 5.38 Å². The molecule has 22 heavy (non-hydrogen) atoms. The van der Waals surface area contributed by atoms with E-state index in [4.69, 9.17) is 0 Å². The Morgan fingerprint density at radius 2 is 2.09 bits per heavy atom. The Morgan fingerprint density at radius 3 is 2.77 bits per heavy atom. The molecule has 1 aliphatic rings. The van der Waals surface area contributed by atoms with Crippen LogP contribution in [-0.4, -0.2) is 39.0 Å². The third kappa shape index (κ3) is 4.01. The van der Waals surface area contributed by atoms with Gasteiger partial charge in [-0.15, -0.1) is 11.3 Å². The van der Waals surface area contributed by atoms with Crippen molar-refractivity contribution in [2.45, 2.75) is 39.2 Å². The highest BCUT2D eigenvalue weighted by molar-refractivity contribution is 7.13. The van der Waals surface area contributed by atoms with Crippen LogP contribution in [0.15, 0.2) is 24.0 Å². The number of rotatable bonds is 5. The van der Waals surface area contributed by atoms with E-state index in [9.17, 15) is 0 Å². The molecule has 0 spiro atoms. The molecule has 0 unspecified atom stereocenters. The fourth-order valence-corrected chi connectivity index (χ4v) is 3.48. The molecule has 3 rings (SSSR count). The third-order valence-corrected chi connectivity index (χ3v) is 4.96. The largest absolute Gasteiger partial charge is 0.316 e. The van der Waals surface area contributed by atoms with Crippen LogP contribution in [0.3, 0.4) is 0 Å². The predicted octanol–water partition coefficient (Wildman–Crippen LogP) is 3.34. The van der Waals surface area contributed by atoms with Gasteiger partial charge in [0.25, 0.3) is 0 Å². The fraction of sp³-hybridized carbons (Fsp3) is 0.562. The summed E-state index contributed by atoms with van der Waals surface area (Å²) in [6.45, 7) is 6.97. The molecule has 1 saturated heterocycles. The van der Waals surface area contributed by atoms with Gasteiger partial charge in [-0.2, -0.15) is 0 Å². The zero-order valence-corrected chi connectivity index (χ0v) is 14.0. The van der Waals surface area contributed by atoms with Crippen LogP contribution >= 0.6 is 11.3 Å². The number of hydrogen-bond donors (Lipinski definition) is 1. The molecule has 6 heteroatoms. The Kier molecular flexibility index (Phi) is 5.00. The van der Waals surface area contributed by atoms with Gasteiger partial charge < -0.3 is 10.2 Å². The number of anilines is 2. The van der Waals surface area contributed by atoms with E-state index in [1.165, 1.54) is 25.9 Å². The number of piperidine rings is 1. The first-order chi connectivity index (χ1) is 10.7. The molecule has 1 aliphatic heterocycles. The maximum atomic E-state index is 4.44. The first-order valence-corrected chi connectivity index (χ1v) is 8.80. The zero-order chi connectivity index (χ0) is 15.4. The lowest BCUT2D eigenvalue weighted by Crippen LogP contribution is -2.38. The summed E-state index contributed by atoms with van der Waals surface area (Å²) in [7, 11) is 0. The van der Waals surface area contributed by atoms with Gasteiger partial charge in [-0.25, -0.2) is 15.0 Å². The second-order valence-corrected chi connectivity index (χ2v) is 7.03. The number of nitrogens with one attached hydrogen (secondary N) is 1. The van der Waals surface area contributed by atoms with Crippen molar-refractivity contribution in [3.05, 3.63) is 29.7 Å². The average molecular weight is 317 g/mol. The number of nitrogens with zero attached hydrogens (tertiary/aromatic N) is 4. The van der Waals surface area contributed by atoms with Gasteiger partial charge in [-0.1, -0.05) is 0 Å². The number of hydrogen-bond acceptors (Lipinski definition) is 6. The molecule has 0 amide bonds. The van der Waals surface area contributed by atoms with Crippen molar-refractivity contribution in [3.8, 4) is 0 Å². The fourth-order valence-electron chi connectivity index (χ4n) is 2.94. The normalized spacial score (nSPS) is 17.0. The molecule has 118 valence electrons. The van der Waals surface area contributed by atoms with Gasteiger partial charge in [-0.3, -0.25) is 0 Å². The number of thiazole rings is 1. The van der Waals surface area contributed by atoms with Crippen LogP contribution in [0.25, 0.3) is 0 Å². The van der Waals surface area contributed by atoms with Crippen LogP contribution in [0.5, 0.6) is 0 Å². The highest BCUT2D eigenvalue weighted by atomic mass is 32.1. The molecule has 0 radical (unpaired) electrons. The molecule has 5 nitrogen and oxygen atoms in total. The molecule has 2 aromatic heterocycles. The van der Waals surface area contributed by atoms with Crippen LogP contribution in [0.2, 0.25) is 0 Å². The van der Waals surface area contributed by atoms with Crippen LogP contribution in [0.4, 0.5) is 10.9 Å². The standard InChI is InChI=1S/C16H23N5S/c1-12(2)21-6-3-13(4-7-21)9-14-10-15(19-11-18-14)20-16-17-5-8-22-16/h5,8,10-13H,3-4,6-7,9H2,1-2H3,(H,17,18,19,20). The SMILES string of the molecule is CC(C)N1CCC(Cc2cc(Nc3nccs3)ncn2)CC1. The van der Waals surface area contributed by atoms with Crippen molar-refractivity contribution in [2.75, 3.05) is 18.4 Å². The van der Waals surface area contributed by atoms with E-state index in [2.05, 4.69) is 45.1 Å². The van der Waals surface area contributed by atoms with Crippen molar-refractivity contribution in [1.29, 1.82) is 0 Å². The molecule has 0 saturated carbocycles. The summed E-state index contributed by atoms with van der Waals surface area (Å²) in [5.74, 6) is 1.57. The predicted molar refractivity (Wildman–Crippen MR) is 90.6 cm³/mol. The molecule has 0 atom stereocenters. The highest BCUT2D eigenvalue weighted by Crippen LogP contribution is 2.23. The lowest BCUT2D eigenvalue weighted by atomic mass is 9.91. The second-order valence-electron chi connectivity index (χ2n) is 6.13. The molecule has 2 aromatic rings. The number of likely N-dealkylation sites (tertiary alicyclic amines) is 1. The Morgan fingerprint density at radius 1 is 1.27 bits per heavy atom. The van der Waals surface area contributed by atoms with Gasteiger partial charge in [0.1, 0.15) is 12.1 Å². The van der Waals surface area contributed by atoms with E-state index in [0.29, 0.717) is 6.04 Å². The van der Waals surface area contributed by atoms with E-state index < -0.39 is 0 Å². The lowest BCUT2D eigenvalue weighted by Gasteiger charge is -2.34. The molecular weight excluding hydrogens is 294 g/mol. The third-order valence-electron chi connectivity index (χ3n) is 4.27. The van der Waals surface area contributed by atoms with Crippen LogP contribution in [0.1, 0.15) is 32.4 Å². The van der Waals surface area contributed by atoms with E-state index >= 15 is 0 Å². The minimum atomic E-state index is 0.661. The molecule has 1 N–H and O–H groups in total. The molecule has 1 fully saturated rings. The van der Waals surface area contributed by atoms with Gasteiger partial charge in [0, 0.05) is 29.4 Å². The van der Waals surface area contributed by atoms with Crippen molar-refractivity contribution in [1.82, 2.24) is 19.9 Å². The summed E-state index contributed by atoms with van der Waals surface area (Å²) in [5, 5.41) is 6.05. The van der Waals surface area contributed by atoms with Gasteiger partial charge >= 0.3 is 0 Å². The summed E-state index contributed by atoms with van der Waals surface area (Å²) in [6, 6.07) is 2.71. The van der Waals surface area contributed by atoms with Crippen LogP contribution in [-0.2, 0) is 6.42 Å². The van der Waals surface area contributed by atoms with Gasteiger partial charge in [0.05, 0.1) is 0 Å². The minimum absolute atomic E-state index is 0.661. The smallest absolute Gasteiger partial charge is 0.188 e. The molecule has 0 aromatic carbocycles. The lowest BCUT2D eigenvalue weighted by molar-refractivity contribution is 0.149. The zero-order valence-electron chi connectivity index (χ0n) is 13.2. The Bertz CT molecular complexity index is 576. The Labute approximate surface area is 135 Å². The summed E-state index contributed by atoms with van der Waals surface area (Å²) < 4.78 is 0. The van der Waals surface area contributed by atoms with Crippen molar-refractivity contribution >= 4 is 22.3 Å². The van der Waals surface area contributed by atoms with Crippen molar-refractivity contribution in [3.63, 3.8) is 0 Å². The Balaban J connectivity index is 1.57. The topological polar surface area (TPSA) is 53.9 Å². The van der Waals surface area contributed by atoms with Gasteiger partial charge in [0.15, 0.2) is 5.13 Å². The maximum Gasteiger partial charge on any atom is 0.188 e. The molecule has 0 aliphatic carbocycles. The van der Waals surface area contributed by atoms with Crippen LogP contribution in [0, 0.1) is 5.92 Å². The average Bonchev–Trinajstić information content (AvgIpc) is 3.01. The van der Waals surface area contributed by atoms with Gasteiger partial charge in [0.2, 0.25) is 0 Å². The monoisotopic (exact) mass is 317 g/mol. The number of aromatic nitrogens is 3. The molecular formula is C16H23N5S. The Hall–Kier alpha value is -1.53. The summed E-state index contributed by atoms with van der Waals surface area (Å²) in [6.07, 6.45) is 7.00. The maximum absolute atomic E-state index is 4.44. The summed E-state index contributed by atoms with van der Waals surface area (Å²) in [5.41, 5.74) is 1.12. The van der Waals surface area contributed by atoms with E-state index in [0.717, 1.165) is 29.0 Å². The molecule has 3 heterocycles. The quantitative estimate of drug-likeness (QED) is 0.916. The molecule has 0 bridgehead atoms. The second kappa shape index (κ2) is 7.15. The van der Waals surface area contributed by atoms with Gasteiger partial charge in [-0.05, 0) is 52.1 Å². The van der Waals surface area contributed by atoms with Crippen LogP contribution < -0.4 is 5.32 Å². The van der Waals surface area contributed by atoms with Crippen molar-refractivity contribution < 1.29 is 0 Å². The summed E-state index contributed by atoms with van der Waals surface area (Å²) in [4.78, 5) is 15.5. The van der Waals surface area contributed by atoms with E-state index in [-0.39, 0.29) is 0 Å². The first-order valence-electron chi connectivity index (χ1n) is 7.92.